The lowest BCUT2D eigenvalue weighted by atomic mass is 9.83. The van der Waals surface area contributed by atoms with E-state index in [2.05, 4.69) is 5.32 Å². The molecule has 2 aromatic carbocycles. The van der Waals surface area contributed by atoms with Crippen LogP contribution in [0.2, 0.25) is 5.02 Å². The Balaban J connectivity index is 2.28. The Bertz CT molecular complexity index is 791. The van der Waals surface area contributed by atoms with E-state index in [0.29, 0.717) is 28.0 Å². The molecule has 0 radical (unpaired) electrons. The molecule has 0 spiro atoms. The van der Waals surface area contributed by atoms with E-state index in [0.717, 1.165) is 11.1 Å². The first-order chi connectivity index (χ1) is 11.6. The average Bonchev–Trinajstić information content (AvgIpc) is 2.59. The topological polar surface area (TPSA) is 56.8 Å². The highest BCUT2D eigenvalue weighted by Crippen LogP contribution is 2.51. The maximum absolute atomic E-state index is 12.2. The summed E-state index contributed by atoms with van der Waals surface area (Å²) in [6.45, 7) is 0. The van der Waals surface area contributed by atoms with Crippen LogP contribution in [0, 0.1) is 0 Å². The smallest absolute Gasteiger partial charge is 0.225 e. The standard InChI is InChI=1S/C18H18ClNO4/c1-22-14-9-13-16(18(24-3)17(14)23-2)11(8-15(21)20-13)10-6-4-5-7-12(10)19/h4-7,9,11H,8H2,1-3H3,(H,20,21). The van der Waals surface area contributed by atoms with E-state index in [4.69, 9.17) is 25.8 Å². The number of carbonyl (C=O) groups excluding carboxylic acids is 1. The van der Waals surface area contributed by atoms with E-state index >= 15 is 0 Å². The fraction of sp³-hybridized carbons (Fsp3) is 0.278. The largest absolute Gasteiger partial charge is 0.493 e. The Morgan fingerprint density at radius 1 is 1.08 bits per heavy atom. The molecule has 6 heteroatoms. The van der Waals surface area contributed by atoms with Crippen molar-refractivity contribution in [1.82, 2.24) is 0 Å². The van der Waals surface area contributed by atoms with Crippen LogP contribution in [-0.2, 0) is 4.79 Å². The molecule has 1 unspecified atom stereocenters. The highest BCUT2D eigenvalue weighted by Gasteiger charge is 2.34. The van der Waals surface area contributed by atoms with Gasteiger partial charge in [0, 0.05) is 29.0 Å². The summed E-state index contributed by atoms with van der Waals surface area (Å²) in [6, 6.07) is 9.25. The minimum Gasteiger partial charge on any atom is -0.493 e. The number of halogens is 1. The molecule has 3 rings (SSSR count). The van der Waals surface area contributed by atoms with E-state index in [1.807, 2.05) is 24.3 Å². The lowest BCUT2D eigenvalue weighted by Crippen LogP contribution is -2.24. The minimum absolute atomic E-state index is 0.0818. The lowest BCUT2D eigenvalue weighted by Gasteiger charge is -2.30. The summed E-state index contributed by atoms with van der Waals surface area (Å²) in [7, 11) is 4.66. The van der Waals surface area contributed by atoms with Crippen LogP contribution in [0.15, 0.2) is 30.3 Å². The summed E-state index contributed by atoms with van der Waals surface area (Å²) in [6.07, 6.45) is 0.280. The van der Waals surface area contributed by atoms with Crippen LogP contribution in [0.3, 0.4) is 0 Å². The maximum atomic E-state index is 12.2. The van der Waals surface area contributed by atoms with Crippen molar-refractivity contribution in [3.8, 4) is 17.2 Å². The van der Waals surface area contributed by atoms with Gasteiger partial charge in [0.05, 0.1) is 27.0 Å². The summed E-state index contributed by atoms with van der Waals surface area (Å²) in [5, 5.41) is 3.49. The van der Waals surface area contributed by atoms with Crippen LogP contribution in [0.25, 0.3) is 0 Å². The third kappa shape index (κ3) is 2.65. The molecular formula is C18H18ClNO4. The van der Waals surface area contributed by atoms with Gasteiger partial charge < -0.3 is 19.5 Å². The van der Waals surface area contributed by atoms with Crippen LogP contribution in [-0.4, -0.2) is 27.2 Å². The fourth-order valence-electron chi connectivity index (χ4n) is 3.14. The van der Waals surface area contributed by atoms with Crippen molar-refractivity contribution in [1.29, 1.82) is 0 Å². The molecule has 1 aliphatic heterocycles. The van der Waals surface area contributed by atoms with E-state index in [1.165, 1.54) is 0 Å². The highest BCUT2D eigenvalue weighted by atomic mass is 35.5. The second-order valence-electron chi connectivity index (χ2n) is 5.43. The van der Waals surface area contributed by atoms with Gasteiger partial charge in [-0.05, 0) is 11.6 Å². The van der Waals surface area contributed by atoms with E-state index in [-0.39, 0.29) is 18.2 Å². The quantitative estimate of drug-likeness (QED) is 0.913. The maximum Gasteiger partial charge on any atom is 0.225 e. The lowest BCUT2D eigenvalue weighted by molar-refractivity contribution is -0.116. The van der Waals surface area contributed by atoms with Gasteiger partial charge in [-0.3, -0.25) is 4.79 Å². The fourth-order valence-corrected chi connectivity index (χ4v) is 3.41. The number of methoxy groups -OCH3 is 3. The van der Waals surface area contributed by atoms with Gasteiger partial charge in [-0.25, -0.2) is 0 Å². The van der Waals surface area contributed by atoms with Gasteiger partial charge in [-0.2, -0.15) is 0 Å². The number of carbonyl (C=O) groups is 1. The number of anilines is 1. The van der Waals surface area contributed by atoms with Crippen molar-refractivity contribution in [3.63, 3.8) is 0 Å². The minimum atomic E-state index is -0.225. The number of benzene rings is 2. The van der Waals surface area contributed by atoms with Crippen molar-refractivity contribution in [2.75, 3.05) is 26.6 Å². The first-order valence-electron chi connectivity index (χ1n) is 7.47. The predicted molar refractivity (Wildman–Crippen MR) is 92.6 cm³/mol. The third-order valence-electron chi connectivity index (χ3n) is 4.16. The number of hydrogen-bond acceptors (Lipinski definition) is 4. The first-order valence-corrected chi connectivity index (χ1v) is 7.85. The zero-order chi connectivity index (χ0) is 17.3. The molecule has 5 nitrogen and oxygen atoms in total. The van der Waals surface area contributed by atoms with Crippen molar-refractivity contribution < 1.29 is 19.0 Å². The van der Waals surface area contributed by atoms with Gasteiger partial charge in [-0.1, -0.05) is 29.8 Å². The Kier molecular flexibility index (Phi) is 4.53. The predicted octanol–water partition coefficient (Wildman–Crippen LogP) is 3.84. The molecule has 0 saturated carbocycles. The van der Waals surface area contributed by atoms with E-state index < -0.39 is 0 Å². The van der Waals surface area contributed by atoms with Crippen molar-refractivity contribution in [2.45, 2.75) is 12.3 Å². The van der Waals surface area contributed by atoms with Crippen molar-refractivity contribution in [3.05, 3.63) is 46.5 Å². The number of nitrogens with one attached hydrogen (secondary N) is 1. The molecule has 0 bridgehead atoms. The average molecular weight is 348 g/mol. The Morgan fingerprint density at radius 2 is 1.79 bits per heavy atom. The molecule has 1 N–H and O–H groups in total. The number of ether oxygens (including phenoxy) is 3. The van der Waals surface area contributed by atoms with Crippen LogP contribution in [0.5, 0.6) is 17.2 Å². The molecule has 0 fully saturated rings. The highest BCUT2D eigenvalue weighted by molar-refractivity contribution is 6.31. The van der Waals surface area contributed by atoms with Gasteiger partial charge in [0.25, 0.3) is 0 Å². The van der Waals surface area contributed by atoms with Gasteiger partial charge in [0.15, 0.2) is 11.5 Å². The van der Waals surface area contributed by atoms with E-state index in [9.17, 15) is 4.79 Å². The number of rotatable bonds is 4. The van der Waals surface area contributed by atoms with Crippen LogP contribution in [0.1, 0.15) is 23.5 Å². The molecule has 1 aliphatic rings. The third-order valence-corrected chi connectivity index (χ3v) is 4.51. The normalized spacial score (nSPS) is 16.2. The molecule has 0 aromatic heterocycles. The first kappa shape index (κ1) is 16.5. The second kappa shape index (κ2) is 6.61. The van der Waals surface area contributed by atoms with Gasteiger partial charge >= 0.3 is 0 Å². The number of amides is 1. The zero-order valence-corrected chi connectivity index (χ0v) is 14.4. The summed E-state index contributed by atoms with van der Waals surface area (Å²) in [5.74, 6) is 1.22. The van der Waals surface area contributed by atoms with Gasteiger partial charge in [0.2, 0.25) is 11.7 Å². The van der Waals surface area contributed by atoms with E-state index in [1.54, 1.807) is 27.4 Å². The molecule has 1 atom stereocenters. The molecule has 1 heterocycles. The molecule has 0 aliphatic carbocycles. The number of fused-ring (bicyclic) bond motifs is 1. The molecule has 2 aromatic rings. The van der Waals surface area contributed by atoms with Gasteiger partial charge in [-0.15, -0.1) is 0 Å². The summed E-state index contributed by atoms with van der Waals surface area (Å²) >= 11 is 6.37. The van der Waals surface area contributed by atoms with Crippen LogP contribution in [0.4, 0.5) is 5.69 Å². The molecule has 0 saturated heterocycles. The van der Waals surface area contributed by atoms with Crippen molar-refractivity contribution >= 4 is 23.2 Å². The van der Waals surface area contributed by atoms with Crippen molar-refractivity contribution in [2.24, 2.45) is 0 Å². The Morgan fingerprint density at radius 3 is 2.42 bits per heavy atom. The molecule has 1 amide bonds. The second-order valence-corrected chi connectivity index (χ2v) is 5.84. The Labute approximate surface area is 145 Å². The summed E-state index contributed by atoms with van der Waals surface area (Å²) in [5.41, 5.74) is 2.36. The number of hydrogen-bond donors (Lipinski definition) is 1. The van der Waals surface area contributed by atoms with Gasteiger partial charge in [0.1, 0.15) is 0 Å². The van der Waals surface area contributed by atoms with Crippen LogP contribution < -0.4 is 19.5 Å². The summed E-state index contributed by atoms with van der Waals surface area (Å²) in [4.78, 5) is 12.2. The summed E-state index contributed by atoms with van der Waals surface area (Å²) < 4.78 is 16.4. The SMILES string of the molecule is COc1cc2c(c(OC)c1OC)C(c1ccccc1Cl)CC(=O)N2. The molecule has 24 heavy (non-hydrogen) atoms. The molecular weight excluding hydrogens is 330 g/mol. The van der Waals surface area contributed by atoms with Crippen LogP contribution >= 0.6 is 11.6 Å². The monoisotopic (exact) mass is 347 g/mol. The zero-order valence-electron chi connectivity index (χ0n) is 13.7. The molecule has 126 valence electrons. The Hall–Kier alpha value is -2.40.